The number of aromatic nitrogens is 2. The first kappa shape index (κ1) is 12.3. The van der Waals surface area contributed by atoms with Gasteiger partial charge in [-0.05, 0) is 50.1 Å². The number of aryl methyl sites for hydroxylation is 1. The summed E-state index contributed by atoms with van der Waals surface area (Å²) in [4.78, 5) is 4.43. The zero-order chi connectivity index (χ0) is 13.2. The van der Waals surface area contributed by atoms with Crippen LogP contribution in [0.5, 0.6) is 0 Å². The highest BCUT2D eigenvalue weighted by atomic mass is 19.1. The normalized spacial score (nSPS) is 19.6. The summed E-state index contributed by atoms with van der Waals surface area (Å²) in [7, 11) is 0. The minimum Gasteiger partial charge on any atom is -0.337 e. The molecular weight excluding hydrogens is 245 g/mol. The SMILES string of the molecule is Cc1cc(F)ccc1-c1noc(C2CCCCN2)n1. The molecule has 0 amide bonds. The number of hydrogen-bond acceptors (Lipinski definition) is 4. The first-order valence-electron chi connectivity index (χ1n) is 6.57. The van der Waals surface area contributed by atoms with Crippen LogP contribution in [0, 0.1) is 12.7 Å². The molecule has 0 aliphatic carbocycles. The summed E-state index contributed by atoms with van der Waals surface area (Å²) in [5.41, 5.74) is 1.62. The largest absolute Gasteiger partial charge is 0.337 e. The van der Waals surface area contributed by atoms with Crippen LogP contribution in [0.3, 0.4) is 0 Å². The van der Waals surface area contributed by atoms with E-state index in [-0.39, 0.29) is 11.9 Å². The number of nitrogens with one attached hydrogen (secondary N) is 1. The molecule has 0 spiro atoms. The molecular formula is C14H16FN3O. The molecule has 4 nitrogen and oxygen atoms in total. The second kappa shape index (κ2) is 5.09. The Morgan fingerprint density at radius 2 is 2.26 bits per heavy atom. The third kappa shape index (κ3) is 2.51. The predicted octanol–water partition coefficient (Wildman–Crippen LogP) is 3.00. The molecule has 19 heavy (non-hydrogen) atoms. The van der Waals surface area contributed by atoms with Crippen molar-refractivity contribution < 1.29 is 8.91 Å². The van der Waals surface area contributed by atoms with E-state index in [9.17, 15) is 4.39 Å². The maximum atomic E-state index is 13.1. The molecule has 2 heterocycles. The Bertz CT molecular complexity index is 576. The second-order valence-electron chi connectivity index (χ2n) is 4.92. The summed E-state index contributed by atoms with van der Waals surface area (Å²) < 4.78 is 18.4. The minimum absolute atomic E-state index is 0.149. The van der Waals surface area contributed by atoms with Gasteiger partial charge in [0.2, 0.25) is 11.7 Å². The van der Waals surface area contributed by atoms with Crippen molar-refractivity contribution >= 4 is 0 Å². The van der Waals surface area contributed by atoms with Gasteiger partial charge >= 0.3 is 0 Å². The van der Waals surface area contributed by atoms with E-state index in [1.165, 1.54) is 25.0 Å². The van der Waals surface area contributed by atoms with Crippen LogP contribution >= 0.6 is 0 Å². The van der Waals surface area contributed by atoms with Gasteiger partial charge in [-0.15, -0.1) is 0 Å². The molecule has 1 saturated heterocycles. The van der Waals surface area contributed by atoms with Crippen LogP contribution in [0.25, 0.3) is 11.4 Å². The van der Waals surface area contributed by atoms with Crippen molar-refractivity contribution in [3.63, 3.8) is 0 Å². The van der Waals surface area contributed by atoms with E-state index >= 15 is 0 Å². The highest BCUT2D eigenvalue weighted by Crippen LogP contribution is 2.26. The lowest BCUT2D eigenvalue weighted by atomic mass is 10.1. The van der Waals surface area contributed by atoms with Gasteiger partial charge in [0.25, 0.3) is 0 Å². The average molecular weight is 261 g/mol. The first-order chi connectivity index (χ1) is 9.24. The molecule has 5 heteroatoms. The van der Waals surface area contributed by atoms with Crippen molar-refractivity contribution in [3.05, 3.63) is 35.5 Å². The number of nitrogens with zero attached hydrogens (tertiary/aromatic N) is 2. The molecule has 100 valence electrons. The van der Waals surface area contributed by atoms with E-state index in [2.05, 4.69) is 15.5 Å². The lowest BCUT2D eigenvalue weighted by Gasteiger charge is -2.19. The maximum absolute atomic E-state index is 13.1. The number of benzene rings is 1. The highest BCUT2D eigenvalue weighted by molar-refractivity contribution is 5.59. The van der Waals surface area contributed by atoms with Crippen LogP contribution < -0.4 is 5.32 Å². The molecule has 1 fully saturated rings. The lowest BCUT2D eigenvalue weighted by Crippen LogP contribution is -2.26. The lowest BCUT2D eigenvalue weighted by molar-refractivity contribution is 0.297. The van der Waals surface area contributed by atoms with Gasteiger partial charge in [0.1, 0.15) is 5.82 Å². The van der Waals surface area contributed by atoms with Gasteiger partial charge in [0.05, 0.1) is 6.04 Å². The van der Waals surface area contributed by atoms with E-state index in [4.69, 9.17) is 4.52 Å². The van der Waals surface area contributed by atoms with Crippen LogP contribution in [0.2, 0.25) is 0 Å². The molecule has 1 aliphatic rings. The Morgan fingerprint density at radius 1 is 1.37 bits per heavy atom. The van der Waals surface area contributed by atoms with Crippen molar-refractivity contribution in [1.29, 1.82) is 0 Å². The third-order valence-corrected chi connectivity index (χ3v) is 3.48. The van der Waals surface area contributed by atoms with Crippen LogP contribution in [-0.2, 0) is 0 Å². The third-order valence-electron chi connectivity index (χ3n) is 3.48. The molecule has 2 aromatic rings. The first-order valence-corrected chi connectivity index (χ1v) is 6.57. The molecule has 1 N–H and O–H groups in total. The molecule has 1 aromatic carbocycles. The minimum atomic E-state index is -0.251. The van der Waals surface area contributed by atoms with E-state index in [1.54, 1.807) is 6.07 Å². The summed E-state index contributed by atoms with van der Waals surface area (Å²) in [5, 5.41) is 7.37. The van der Waals surface area contributed by atoms with Crippen molar-refractivity contribution in [1.82, 2.24) is 15.5 Å². The Kier molecular flexibility index (Phi) is 3.29. The van der Waals surface area contributed by atoms with Crippen LogP contribution in [0.1, 0.15) is 36.8 Å². The summed E-state index contributed by atoms with van der Waals surface area (Å²) in [5.74, 6) is 0.900. The van der Waals surface area contributed by atoms with Crippen molar-refractivity contribution in [2.45, 2.75) is 32.2 Å². The van der Waals surface area contributed by atoms with Gasteiger partial charge in [-0.3, -0.25) is 0 Å². The molecule has 1 atom stereocenters. The molecule has 0 saturated carbocycles. The fraction of sp³-hybridized carbons (Fsp3) is 0.429. The monoisotopic (exact) mass is 261 g/mol. The van der Waals surface area contributed by atoms with E-state index in [0.29, 0.717) is 11.7 Å². The fourth-order valence-electron chi connectivity index (χ4n) is 2.43. The molecule has 1 unspecified atom stereocenters. The summed E-state index contributed by atoms with van der Waals surface area (Å²) in [6, 6.07) is 4.73. The number of piperidine rings is 1. The second-order valence-corrected chi connectivity index (χ2v) is 4.92. The molecule has 0 bridgehead atoms. The summed E-state index contributed by atoms with van der Waals surface area (Å²) in [6.07, 6.45) is 3.38. The van der Waals surface area contributed by atoms with Gasteiger partial charge in [0, 0.05) is 5.56 Å². The Hall–Kier alpha value is -1.75. The van der Waals surface area contributed by atoms with E-state index in [0.717, 1.165) is 24.1 Å². The van der Waals surface area contributed by atoms with E-state index in [1.807, 2.05) is 6.92 Å². The summed E-state index contributed by atoms with van der Waals surface area (Å²) >= 11 is 0. The quantitative estimate of drug-likeness (QED) is 0.902. The van der Waals surface area contributed by atoms with Gasteiger partial charge in [-0.1, -0.05) is 11.6 Å². The predicted molar refractivity (Wildman–Crippen MR) is 69.0 cm³/mol. The van der Waals surface area contributed by atoms with Gasteiger partial charge in [-0.25, -0.2) is 4.39 Å². The molecule has 1 aliphatic heterocycles. The topological polar surface area (TPSA) is 51.0 Å². The maximum Gasteiger partial charge on any atom is 0.244 e. The van der Waals surface area contributed by atoms with E-state index < -0.39 is 0 Å². The molecule has 0 radical (unpaired) electrons. The van der Waals surface area contributed by atoms with Crippen molar-refractivity contribution in [2.24, 2.45) is 0 Å². The standard InChI is InChI=1S/C14H16FN3O/c1-9-8-10(15)5-6-11(9)13-17-14(19-18-13)12-4-2-3-7-16-12/h5-6,8,12,16H,2-4,7H2,1H3. The Balaban J connectivity index is 1.87. The highest BCUT2D eigenvalue weighted by Gasteiger charge is 2.21. The zero-order valence-electron chi connectivity index (χ0n) is 10.8. The van der Waals surface area contributed by atoms with Gasteiger partial charge in [-0.2, -0.15) is 4.98 Å². The molecule has 1 aromatic heterocycles. The Labute approximate surface area is 111 Å². The van der Waals surface area contributed by atoms with Crippen LogP contribution in [0.4, 0.5) is 4.39 Å². The van der Waals surface area contributed by atoms with Crippen molar-refractivity contribution in [2.75, 3.05) is 6.54 Å². The zero-order valence-corrected chi connectivity index (χ0v) is 10.8. The number of halogens is 1. The van der Waals surface area contributed by atoms with Crippen molar-refractivity contribution in [3.8, 4) is 11.4 Å². The van der Waals surface area contributed by atoms with Gasteiger partial charge < -0.3 is 9.84 Å². The number of rotatable bonds is 2. The van der Waals surface area contributed by atoms with Crippen LogP contribution in [0.15, 0.2) is 22.7 Å². The molecule has 3 rings (SSSR count). The number of hydrogen-bond donors (Lipinski definition) is 1. The van der Waals surface area contributed by atoms with Crippen LogP contribution in [-0.4, -0.2) is 16.7 Å². The smallest absolute Gasteiger partial charge is 0.244 e. The van der Waals surface area contributed by atoms with Gasteiger partial charge in [0.15, 0.2) is 0 Å². The summed E-state index contributed by atoms with van der Waals surface area (Å²) in [6.45, 7) is 2.82. The average Bonchev–Trinajstić information content (AvgIpc) is 2.89. The fourth-order valence-corrected chi connectivity index (χ4v) is 2.43. The Morgan fingerprint density at radius 3 is 3.00 bits per heavy atom.